The fraction of sp³-hybridized carbons (Fsp3) is 0.222. The monoisotopic (exact) mass is 221 g/mol. The van der Waals surface area contributed by atoms with Crippen LogP contribution < -0.4 is 11.1 Å². The van der Waals surface area contributed by atoms with E-state index in [0.29, 0.717) is 11.5 Å². The molecule has 78 valence electrons. The molecule has 0 saturated heterocycles. The van der Waals surface area contributed by atoms with Crippen LogP contribution in [0.3, 0.4) is 0 Å². The third-order valence-electron chi connectivity index (χ3n) is 1.86. The zero-order chi connectivity index (χ0) is 10.5. The number of nitrogens with zero attached hydrogens (tertiary/aromatic N) is 3. The van der Waals surface area contributed by atoms with Gasteiger partial charge in [-0.15, -0.1) is 11.3 Å². The van der Waals surface area contributed by atoms with Crippen molar-refractivity contribution in [1.29, 1.82) is 0 Å². The van der Waals surface area contributed by atoms with Crippen molar-refractivity contribution in [1.82, 2.24) is 15.0 Å². The number of aromatic nitrogens is 3. The highest BCUT2D eigenvalue weighted by Gasteiger charge is 1.99. The molecule has 3 N–H and O–H groups in total. The lowest BCUT2D eigenvalue weighted by Gasteiger charge is -2.05. The Hall–Kier alpha value is -1.69. The third-order valence-corrected chi connectivity index (χ3v) is 2.69. The molecule has 5 nitrogen and oxygen atoms in total. The summed E-state index contributed by atoms with van der Waals surface area (Å²) in [6.07, 6.45) is 5.74. The van der Waals surface area contributed by atoms with Crippen molar-refractivity contribution in [2.24, 2.45) is 0 Å². The molecule has 0 atom stereocenters. The van der Waals surface area contributed by atoms with E-state index in [2.05, 4.69) is 20.3 Å². The van der Waals surface area contributed by atoms with Crippen molar-refractivity contribution in [2.45, 2.75) is 6.42 Å². The van der Waals surface area contributed by atoms with Gasteiger partial charge in [-0.3, -0.25) is 0 Å². The molecule has 15 heavy (non-hydrogen) atoms. The van der Waals surface area contributed by atoms with Crippen molar-refractivity contribution in [3.63, 3.8) is 0 Å². The van der Waals surface area contributed by atoms with Crippen LogP contribution in [0.1, 0.15) is 5.01 Å². The Morgan fingerprint density at radius 1 is 1.40 bits per heavy atom. The standard InChI is InChI=1S/C9H11N5S/c10-7-5-11-6-14-9(7)13-2-1-8-12-3-4-15-8/h3-6H,1-2,10H2,(H,11,13,14). The van der Waals surface area contributed by atoms with Crippen LogP contribution in [0.15, 0.2) is 24.1 Å². The highest BCUT2D eigenvalue weighted by atomic mass is 32.1. The molecule has 2 aromatic rings. The van der Waals surface area contributed by atoms with E-state index < -0.39 is 0 Å². The second-order valence-electron chi connectivity index (χ2n) is 2.93. The van der Waals surface area contributed by atoms with Crippen molar-refractivity contribution >= 4 is 22.8 Å². The molecule has 0 saturated carbocycles. The van der Waals surface area contributed by atoms with E-state index in [0.717, 1.165) is 18.0 Å². The summed E-state index contributed by atoms with van der Waals surface area (Å²) in [5.41, 5.74) is 6.25. The quantitative estimate of drug-likeness (QED) is 0.810. The van der Waals surface area contributed by atoms with Gasteiger partial charge >= 0.3 is 0 Å². The first-order chi connectivity index (χ1) is 7.36. The Labute approximate surface area is 91.4 Å². The lowest BCUT2D eigenvalue weighted by atomic mass is 10.4. The summed E-state index contributed by atoms with van der Waals surface area (Å²) >= 11 is 1.65. The fourth-order valence-corrected chi connectivity index (χ4v) is 1.77. The average Bonchev–Trinajstić information content (AvgIpc) is 2.74. The van der Waals surface area contributed by atoms with Crippen molar-refractivity contribution in [3.05, 3.63) is 29.1 Å². The maximum Gasteiger partial charge on any atom is 0.152 e. The van der Waals surface area contributed by atoms with Gasteiger partial charge in [0.25, 0.3) is 0 Å². The zero-order valence-corrected chi connectivity index (χ0v) is 8.87. The maximum absolute atomic E-state index is 5.68. The van der Waals surface area contributed by atoms with Gasteiger partial charge in [-0.25, -0.2) is 15.0 Å². The molecule has 2 aromatic heterocycles. The first-order valence-electron chi connectivity index (χ1n) is 4.54. The van der Waals surface area contributed by atoms with E-state index in [1.807, 2.05) is 5.38 Å². The summed E-state index contributed by atoms with van der Waals surface area (Å²) < 4.78 is 0. The average molecular weight is 221 g/mol. The van der Waals surface area contributed by atoms with Gasteiger partial charge in [0.05, 0.1) is 16.9 Å². The van der Waals surface area contributed by atoms with Crippen molar-refractivity contribution < 1.29 is 0 Å². The predicted octanol–water partition coefficient (Wildman–Crippen LogP) is 1.17. The number of nitrogen functional groups attached to an aromatic ring is 1. The second-order valence-corrected chi connectivity index (χ2v) is 3.91. The van der Waals surface area contributed by atoms with Crippen LogP contribution in [0, 0.1) is 0 Å². The predicted molar refractivity (Wildman–Crippen MR) is 60.8 cm³/mol. The molecule has 0 amide bonds. The Morgan fingerprint density at radius 3 is 3.07 bits per heavy atom. The number of hydrogen-bond donors (Lipinski definition) is 2. The lowest BCUT2D eigenvalue weighted by molar-refractivity contribution is 0.983. The number of anilines is 2. The minimum Gasteiger partial charge on any atom is -0.394 e. The highest BCUT2D eigenvalue weighted by Crippen LogP contribution is 2.11. The normalized spacial score (nSPS) is 10.1. The molecule has 0 aliphatic rings. The van der Waals surface area contributed by atoms with E-state index in [-0.39, 0.29) is 0 Å². The highest BCUT2D eigenvalue weighted by molar-refractivity contribution is 7.09. The molecule has 0 fully saturated rings. The first-order valence-corrected chi connectivity index (χ1v) is 5.42. The number of thiazole rings is 1. The molecule has 0 aliphatic carbocycles. The van der Waals surface area contributed by atoms with E-state index >= 15 is 0 Å². The summed E-state index contributed by atoms with van der Waals surface area (Å²) in [4.78, 5) is 12.0. The maximum atomic E-state index is 5.68. The Morgan fingerprint density at radius 2 is 2.33 bits per heavy atom. The number of nitrogens with two attached hydrogens (primary N) is 1. The van der Waals surface area contributed by atoms with E-state index in [9.17, 15) is 0 Å². The molecule has 0 unspecified atom stereocenters. The molecule has 2 heterocycles. The van der Waals surface area contributed by atoms with E-state index in [1.54, 1.807) is 23.7 Å². The Kier molecular flexibility index (Phi) is 3.08. The van der Waals surface area contributed by atoms with Crippen LogP contribution in [0.25, 0.3) is 0 Å². The topological polar surface area (TPSA) is 76.7 Å². The van der Waals surface area contributed by atoms with Gasteiger partial charge in [0.15, 0.2) is 5.82 Å². The molecule has 0 radical (unpaired) electrons. The van der Waals surface area contributed by atoms with Crippen LogP contribution in [-0.4, -0.2) is 21.5 Å². The molecule has 0 spiro atoms. The lowest BCUT2D eigenvalue weighted by Crippen LogP contribution is -2.08. The third kappa shape index (κ3) is 2.63. The summed E-state index contributed by atoms with van der Waals surface area (Å²) in [7, 11) is 0. The zero-order valence-electron chi connectivity index (χ0n) is 8.05. The molecule has 6 heteroatoms. The SMILES string of the molecule is Nc1cncnc1NCCc1nccs1. The number of hydrogen-bond acceptors (Lipinski definition) is 6. The van der Waals surface area contributed by atoms with Gasteiger partial charge in [-0.2, -0.15) is 0 Å². The van der Waals surface area contributed by atoms with E-state index in [4.69, 9.17) is 5.73 Å². The summed E-state index contributed by atoms with van der Waals surface area (Å²) in [5, 5.41) is 6.22. The first kappa shape index (κ1) is 9.85. The Balaban J connectivity index is 1.86. The van der Waals surface area contributed by atoms with Gasteiger partial charge in [0.1, 0.15) is 6.33 Å². The molecule has 2 rings (SSSR count). The molecule has 0 aliphatic heterocycles. The smallest absolute Gasteiger partial charge is 0.152 e. The summed E-state index contributed by atoms with van der Waals surface area (Å²) in [5.74, 6) is 0.682. The second kappa shape index (κ2) is 4.70. The van der Waals surface area contributed by atoms with Crippen molar-refractivity contribution in [3.8, 4) is 0 Å². The molecular weight excluding hydrogens is 210 g/mol. The molecular formula is C9H11N5S. The van der Waals surface area contributed by atoms with Gasteiger partial charge in [0, 0.05) is 24.5 Å². The largest absolute Gasteiger partial charge is 0.394 e. The molecule has 0 bridgehead atoms. The number of nitrogens with one attached hydrogen (secondary N) is 1. The molecule has 0 aromatic carbocycles. The number of rotatable bonds is 4. The Bertz CT molecular complexity index is 414. The van der Waals surface area contributed by atoms with Gasteiger partial charge in [-0.1, -0.05) is 0 Å². The van der Waals surface area contributed by atoms with E-state index in [1.165, 1.54) is 6.33 Å². The minimum absolute atomic E-state index is 0.566. The van der Waals surface area contributed by atoms with Gasteiger partial charge < -0.3 is 11.1 Å². The van der Waals surface area contributed by atoms with Gasteiger partial charge in [0.2, 0.25) is 0 Å². The van der Waals surface area contributed by atoms with Crippen molar-refractivity contribution in [2.75, 3.05) is 17.6 Å². The van der Waals surface area contributed by atoms with Crippen LogP contribution in [0.5, 0.6) is 0 Å². The van der Waals surface area contributed by atoms with Crippen LogP contribution >= 0.6 is 11.3 Å². The fourth-order valence-electron chi connectivity index (χ4n) is 1.15. The van der Waals surface area contributed by atoms with Gasteiger partial charge in [-0.05, 0) is 0 Å². The minimum atomic E-state index is 0.566. The summed E-state index contributed by atoms with van der Waals surface area (Å²) in [6, 6.07) is 0. The van der Waals surface area contributed by atoms with Crippen LogP contribution in [0.2, 0.25) is 0 Å². The summed E-state index contributed by atoms with van der Waals surface area (Å²) in [6.45, 7) is 0.773. The van der Waals surface area contributed by atoms with Crippen LogP contribution in [0.4, 0.5) is 11.5 Å². The van der Waals surface area contributed by atoms with Crippen LogP contribution in [-0.2, 0) is 6.42 Å².